The molecular weight excluding hydrogens is 659 g/mol. The van der Waals surface area contributed by atoms with Crippen LogP contribution in [0.4, 0.5) is 0 Å². The molecule has 3 aromatic rings. The number of hydrogen-bond donors (Lipinski definition) is 0. The zero-order valence-electron chi connectivity index (χ0n) is 27.5. The van der Waals surface area contributed by atoms with E-state index in [1.807, 2.05) is 0 Å². The summed E-state index contributed by atoms with van der Waals surface area (Å²) in [7, 11) is -5.78. The van der Waals surface area contributed by atoms with Crippen molar-refractivity contribution in [1.82, 2.24) is 0 Å². The van der Waals surface area contributed by atoms with Gasteiger partial charge in [0, 0.05) is 0 Å². The fourth-order valence-corrected chi connectivity index (χ4v) is 17.4. The molecule has 1 aliphatic carbocycles. The van der Waals surface area contributed by atoms with Crippen LogP contribution in [0.1, 0.15) is 38.8 Å². The van der Waals surface area contributed by atoms with Crippen LogP contribution in [0.3, 0.4) is 0 Å². The van der Waals surface area contributed by atoms with Crippen molar-refractivity contribution in [3.63, 3.8) is 0 Å². The molecule has 0 bridgehead atoms. The second-order valence-electron chi connectivity index (χ2n) is 14.2. The standard InChI is InChI=1S/C35H47Si3.3ClH.Ti/c1-25-18-31(36(7,8)9)22-33(20-25)38(30-16-14-13-15-17-30,35(6)24-27(3)28(4)29(35)5)34-21-26(2)19-32(23-34)37(10,11)12;;;;/h13-23H,1-12H3;3*1H;/q;;;;+3/p-3. The summed E-state index contributed by atoms with van der Waals surface area (Å²) in [5, 5.41) is 7.73. The summed E-state index contributed by atoms with van der Waals surface area (Å²) >= 11 is 2.43. The van der Waals surface area contributed by atoms with Crippen molar-refractivity contribution in [3.8, 4) is 0 Å². The second-order valence-corrected chi connectivity index (χ2v) is 29.3. The Morgan fingerprint density at radius 3 is 1.24 bits per heavy atom. The van der Waals surface area contributed by atoms with E-state index in [0.29, 0.717) is 0 Å². The molecule has 0 heterocycles. The van der Waals surface area contributed by atoms with Crippen molar-refractivity contribution in [3.05, 3.63) is 98.5 Å². The van der Waals surface area contributed by atoms with Gasteiger partial charge in [0.05, 0.1) is 0 Å². The molecule has 0 saturated heterocycles. The molecule has 0 aromatic heterocycles. The van der Waals surface area contributed by atoms with Crippen LogP contribution >= 0.6 is 0 Å². The Bertz CT molecular complexity index is 1410. The molecule has 0 fully saturated rings. The molecular formula is C35H47Cl3Si3Ti. The Kier molecular flexibility index (Phi) is 12.9. The van der Waals surface area contributed by atoms with E-state index in [1.54, 1.807) is 30.2 Å². The molecule has 42 heavy (non-hydrogen) atoms. The van der Waals surface area contributed by atoms with E-state index >= 15 is 0 Å². The van der Waals surface area contributed by atoms with E-state index in [4.69, 9.17) is 0 Å². The molecule has 0 aliphatic heterocycles. The van der Waals surface area contributed by atoms with Crippen molar-refractivity contribution in [2.45, 2.75) is 85.9 Å². The topological polar surface area (TPSA) is 0 Å². The van der Waals surface area contributed by atoms with Crippen LogP contribution in [0.5, 0.6) is 0 Å². The van der Waals surface area contributed by atoms with Gasteiger partial charge in [0.2, 0.25) is 0 Å². The Morgan fingerprint density at radius 2 is 0.905 bits per heavy atom. The maximum Gasteiger partial charge on any atom is -1.00 e. The van der Waals surface area contributed by atoms with Crippen LogP contribution in [0.2, 0.25) is 44.3 Å². The Morgan fingerprint density at radius 1 is 0.524 bits per heavy atom. The van der Waals surface area contributed by atoms with E-state index in [0.717, 1.165) is 0 Å². The zero-order valence-corrected chi connectivity index (χ0v) is 34.3. The van der Waals surface area contributed by atoms with Gasteiger partial charge in [-0.05, 0) is 0 Å². The van der Waals surface area contributed by atoms with Gasteiger partial charge in [0.1, 0.15) is 0 Å². The first kappa shape index (κ1) is 39.4. The largest absolute Gasteiger partial charge is 1.00 e. The third-order valence-corrected chi connectivity index (χ3v) is 20.9. The molecule has 1 atom stereocenters. The van der Waals surface area contributed by atoms with E-state index in [9.17, 15) is 0 Å². The van der Waals surface area contributed by atoms with Gasteiger partial charge in [-0.3, -0.25) is 0 Å². The quantitative estimate of drug-likeness (QED) is 0.202. The summed E-state index contributed by atoms with van der Waals surface area (Å²) in [5.41, 5.74) is 7.32. The third kappa shape index (κ3) is 6.51. The van der Waals surface area contributed by atoms with Crippen LogP contribution in [0, 0.1) is 13.8 Å². The Labute approximate surface area is 289 Å². The van der Waals surface area contributed by atoms with Gasteiger partial charge in [-0.15, -0.1) is 0 Å². The minimum Gasteiger partial charge on any atom is -1.00 e. The minimum absolute atomic E-state index is 0. The molecule has 0 nitrogen and oxygen atoms in total. The first-order valence-corrected chi connectivity index (χ1v) is 24.2. The molecule has 0 spiro atoms. The Hall–Kier alpha value is -0.625. The minimum atomic E-state index is -2.68. The fraction of sp³-hybridized carbons (Fsp3) is 0.371. The normalized spacial score (nSPS) is 17.5. The van der Waals surface area contributed by atoms with Gasteiger partial charge in [0.25, 0.3) is 0 Å². The number of rotatable bonds is 6. The van der Waals surface area contributed by atoms with Gasteiger partial charge >= 0.3 is 255 Å². The smallest absolute Gasteiger partial charge is 1.00 e. The van der Waals surface area contributed by atoms with Crippen molar-refractivity contribution < 1.29 is 57.7 Å². The number of aryl methyl sites for hydroxylation is 2. The first-order valence-electron chi connectivity index (χ1n) is 14.4. The van der Waals surface area contributed by atoms with Crippen LogP contribution < -0.4 is 63.2 Å². The van der Waals surface area contributed by atoms with E-state index in [2.05, 4.69) is 168 Å². The predicted octanol–water partition coefficient (Wildman–Crippen LogP) is -2.19. The van der Waals surface area contributed by atoms with Gasteiger partial charge in [-0.25, -0.2) is 0 Å². The molecule has 1 aliphatic rings. The molecule has 3 aromatic carbocycles. The van der Waals surface area contributed by atoms with Crippen LogP contribution in [0.25, 0.3) is 0 Å². The summed E-state index contributed by atoms with van der Waals surface area (Å²) in [6, 6.07) is 27.0. The van der Waals surface area contributed by atoms with Crippen molar-refractivity contribution in [2.24, 2.45) is 0 Å². The average Bonchev–Trinajstić information content (AvgIpc) is 2.99. The van der Waals surface area contributed by atoms with E-state index in [1.165, 1.54) is 27.5 Å². The summed E-state index contributed by atoms with van der Waals surface area (Å²) in [4.78, 5) is 0. The number of allylic oxidation sites excluding steroid dienone is 4. The molecule has 7 heteroatoms. The molecule has 0 radical (unpaired) electrons. The summed E-state index contributed by atoms with van der Waals surface area (Å²) in [6.45, 7) is 29.4. The molecule has 0 amide bonds. The predicted molar refractivity (Wildman–Crippen MR) is 179 cm³/mol. The van der Waals surface area contributed by atoms with Gasteiger partial charge in [-0.1, -0.05) is 0 Å². The van der Waals surface area contributed by atoms with E-state index in [-0.39, 0.29) is 42.3 Å². The number of benzene rings is 3. The van der Waals surface area contributed by atoms with Crippen LogP contribution in [0.15, 0.2) is 87.3 Å². The van der Waals surface area contributed by atoms with Crippen LogP contribution in [-0.2, 0) is 20.4 Å². The maximum absolute atomic E-state index is 2.68. The first-order chi connectivity index (χ1) is 18.0. The van der Waals surface area contributed by atoms with Crippen molar-refractivity contribution in [1.29, 1.82) is 0 Å². The molecule has 4 rings (SSSR count). The summed E-state index contributed by atoms with van der Waals surface area (Å²) < 4.78 is 1.56. The van der Waals surface area contributed by atoms with Crippen LogP contribution in [-0.4, -0.2) is 24.2 Å². The number of halogens is 3. The third-order valence-electron chi connectivity index (χ3n) is 9.46. The molecule has 0 saturated carbocycles. The molecule has 1 unspecified atom stereocenters. The fourth-order valence-electron chi connectivity index (χ4n) is 6.79. The SMILES string of the molecule is CC1=C(C)C(C)([Si](c2ccccc2)(c2cc(C)cc([Si](C)(C)C)c2)c2cc(C)cc([Si](C)(C)C)c2)[C]([Ti+3])=C1C.[Cl-].[Cl-].[Cl-]. The van der Waals surface area contributed by atoms with E-state index < -0.39 is 24.2 Å². The second kappa shape index (κ2) is 13.8. The summed E-state index contributed by atoms with van der Waals surface area (Å²) in [5.74, 6) is 0. The molecule has 0 N–H and O–H groups in total. The van der Waals surface area contributed by atoms with Gasteiger partial charge in [-0.2, -0.15) is 0 Å². The van der Waals surface area contributed by atoms with Gasteiger partial charge < -0.3 is 37.2 Å². The monoisotopic (exact) mass is 704 g/mol. The number of hydrogen-bond acceptors (Lipinski definition) is 0. The van der Waals surface area contributed by atoms with Crippen molar-refractivity contribution in [2.75, 3.05) is 0 Å². The summed E-state index contributed by atoms with van der Waals surface area (Å²) in [6.07, 6.45) is 0. The van der Waals surface area contributed by atoms with Gasteiger partial charge in [0.15, 0.2) is 0 Å². The average molecular weight is 706 g/mol. The maximum atomic E-state index is 2.66. The zero-order chi connectivity index (χ0) is 29.1. The molecule has 224 valence electrons. The Balaban J connectivity index is 0.00000294. The van der Waals surface area contributed by atoms with Crippen molar-refractivity contribution >= 4 is 50.2 Å².